The number of nitrogens with zero attached hydrogens (tertiary/aromatic N) is 5. The molecule has 64 heavy (non-hydrogen) atoms. The molecule has 0 radical (unpaired) electrons. The SMILES string of the molecule is N#Cc1ccc(-n2c3ccccc3c3c(-c4cccc5c4c4c(n5-c5cc(-c6ccccc6)ccc5C5=NC(c6ccccc6)NC(c6ccccc6)=N5)=CCCC=4)cccc32)cc1. The van der Waals surface area contributed by atoms with Crippen LogP contribution in [0, 0.1) is 11.3 Å². The maximum absolute atomic E-state index is 9.59. The van der Waals surface area contributed by atoms with Crippen LogP contribution in [0.5, 0.6) is 0 Å². The Hall–Kier alpha value is -8.53. The maximum atomic E-state index is 9.59. The average molecular weight is 821 g/mol. The first kappa shape index (κ1) is 37.2. The first-order valence-corrected chi connectivity index (χ1v) is 21.8. The molecule has 0 saturated carbocycles. The van der Waals surface area contributed by atoms with Gasteiger partial charge in [-0.05, 0) is 95.3 Å². The molecule has 0 spiro atoms. The fraction of sp³-hybridized carbons (Fsp3) is 0.0517. The van der Waals surface area contributed by atoms with E-state index >= 15 is 0 Å². The van der Waals surface area contributed by atoms with Gasteiger partial charge in [0, 0.05) is 43.5 Å². The number of para-hydroxylation sites is 1. The monoisotopic (exact) mass is 820 g/mol. The number of aliphatic imine (C=N–C) groups is 2. The normalized spacial score (nSPS) is 14.5. The summed E-state index contributed by atoms with van der Waals surface area (Å²) in [5, 5.41) is 19.3. The number of benzene rings is 8. The molecule has 8 aromatic carbocycles. The average Bonchev–Trinajstić information content (AvgIpc) is 3.90. The van der Waals surface area contributed by atoms with Gasteiger partial charge < -0.3 is 14.5 Å². The minimum Gasteiger partial charge on any atom is -0.344 e. The largest absolute Gasteiger partial charge is 0.344 e. The zero-order valence-electron chi connectivity index (χ0n) is 34.9. The molecule has 0 amide bonds. The Balaban J connectivity index is 1.13. The Morgan fingerprint density at radius 3 is 1.92 bits per heavy atom. The van der Waals surface area contributed by atoms with Crippen LogP contribution in [0.3, 0.4) is 0 Å². The van der Waals surface area contributed by atoms with Crippen molar-refractivity contribution in [2.24, 2.45) is 9.98 Å². The molecule has 1 N–H and O–H groups in total. The molecule has 1 aliphatic carbocycles. The minimum absolute atomic E-state index is 0.334. The van der Waals surface area contributed by atoms with Crippen LogP contribution in [-0.2, 0) is 0 Å². The topological polar surface area (TPSA) is 70.4 Å². The third-order valence-corrected chi connectivity index (χ3v) is 12.7. The van der Waals surface area contributed by atoms with Gasteiger partial charge in [0.1, 0.15) is 12.0 Å². The lowest BCUT2D eigenvalue weighted by Gasteiger charge is -2.25. The number of fused-ring (bicyclic) bond motifs is 6. The fourth-order valence-electron chi connectivity index (χ4n) is 9.77. The Kier molecular flexibility index (Phi) is 8.98. The van der Waals surface area contributed by atoms with Crippen LogP contribution in [0.25, 0.3) is 78.5 Å². The predicted molar refractivity (Wildman–Crippen MR) is 262 cm³/mol. The first-order chi connectivity index (χ1) is 31.7. The summed E-state index contributed by atoms with van der Waals surface area (Å²) in [4.78, 5) is 10.7. The Morgan fingerprint density at radius 1 is 0.531 bits per heavy atom. The molecule has 3 heterocycles. The highest BCUT2D eigenvalue weighted by atomic mass is 15.2. The van der Waals surface area contributed by atoms with Gasteiger partial charge in [-0.25, -0.2) is 9.98 Å². The molecule has 0 fully saturated rings. The molecule has 302 valence electrons. The lowest BCUT2D eigenvalue weighted by Crippen LogP contribution is -2.34. The van der Waals surface area contributed by atoms with Crippen molar-refractivity contribution in [2.45, 2.75) is 19.0 Å². The van der Waals surface area contributed by atoms with Gasteiger partial charge in [-0.2, -0.15) is 5.26 Å². The van der Waals surface area contributed by atoms with Crippen molar-refractivity contribution >= 4 is 56.5 Å². The van der Waals surface area contributed by atoms with E-state index < -0.39 is 0 Å². The first-order valence-electron chi connectivity index (χ1n) is 21.8. The number of amidine groups is 2. The van der Waals surface area contributed by atoms with Gasteiger partial charge in [0.25, 0.3) is 0 Å². The third-order valence-electron chi connectivity index (χ3n) is 12.7. The van der Waals surface area contributed by atoms with Crippen LogP contribution in [0.2, 0.25) is 0 Å². The summed E-state index contributed by atoms with van der Waals surface area (Å²) in [5.74, 6) is 1.46. The summed E-state index contributed by atoms with van der Waals surface area (Å²) in [6.45, 7) is 0. The van der Waals surface area contributed by atoms with Crippen LogP contribution in [-0.4, -0.2) is 20.8 Å². The van der Waals surface area contributed by atoms with E-state index in [1.54, 1.807) is 0 Å². The zero-order chi connectivity index (χ0) is 42.6. The number of nitrogens with one attached hydrogen (secondary N) is 1. The summed E-state index contributed by atoms with van der Waals surface area (Å²) in [6, 6.07) is 70.3. The van der Waals surface area contributed by atoms with Crippen LogP contribution in [0.1, 0.15) is 41.3 Å². The second-order valence-corrected chi connectivity index (χ2v) is 16.4. The molecule has 0 saturated heterocycles. The van der Waals surface area contributed by atoms with Gasteiger partial charge in [-0.3, -0.25) is 0 Å². The summed E-state index contributed by atoms with van der Waals surface area (Å²) in [7, 11) is 0. The molecule has 6 nitrogen and oxygen atoms in total. The smallest absolute Gasteiger partial charge is 0.161 e. The number of aromatic nitrogens is 2. The zero-order valence-corrected chi connectivity index (χ0v) is 34.9. The molecular weight excluding hydrogens is 781 g/mol. The van der Waals surface area contributed by atoms with Crippen molar-refractivity contribution in [3.05, 3.63) is 227 Å². The van der Waals surface area contributed by atoms with E-state index in [9.17, 15) is 5.26 Å². The Labute approximate surface area is 370 Å². The molecule has 1 aliphatic heterocycles. The quantitative estimate of drug-likeness (QED) is 0.174. The van der Waals surface area contributed by atoms with E-state index in [0.29, 0.717) is 11.4 Å². The molecule has 12 rings (SSSR count). The fourth-order valence-corrected chi connectivity index (χ4v) is 9.77. The standard InChI is InChI=1S/C58H40N6/c59-37-38-30-33-43(34-31-38)63-49-26-12-10-22-46(49)54-44(24-14-28-51(54)63)45-25-15-29-52-55(45)47-23-11-13-27-50(47)64(52)53-36-42(39-16-4-1-5-17-39)32-35-48(53)58-61-56(40-18-6-2-7-19-40)60-57(62-58)41-20-8-3-9-21-41/h1-10,12,14-36,56H,11,13H2,(H,60,61,62). The lowest BCUT2D eigenvalue weighted by molar-refractivity contribution is 0.674. The summed E-state index contributed by atoms with van der Waals surface area (Å²) in [6.07, 6.45) is 6.40. The summed E-state index contributed by atoms with van der Waals surface area (Å²) < 4.78 is 4.79. The van der Waals surface area contributed by atoms with E-state index in [2.05, 4.69) is 190 Å². The second-order valence-electron chi connectivity index (χ2n) is 16.4. The molecule has 6 heteroatoms. The Morgan fingerprint density at radius 2 is 1.17 bits per heavy atom. The molecule has 1 unspecified atom stereocenters. The second kappa shape index (κ2) is 15.4. The van der Waals surface area contributed by atoms with Gasteiger partial charge >= 0.3 is 0 Å². The lowest BCUT2D eigenvalue weighted by atomic mass is 9.95. The van der Waals surface area contributed by atoms with Gasteiger partial charge in [0.15, 0.2) is 5.84 Å². The van der Waals surface area contributed by atoms with Crippen LogP contribution >= 0.6 is 0 Å². The molecule has 2 aliphatic rings. The molecule has 10 aromatic rings. The van der Waals surface area contributed by atoms with Gasteiger partial charge in [-0.15, -0.1) is 0 Å². The molecule has 2 aromatic heterocycles. The van der Waals surface area contributed by atoms with Crippen molar-refractivity contribution < 1.29 is 0 Å². The number of nitriles is 1. The van der Waals surface area contributed by atoms with Crippen LogP contribution < -0.4 is 15.9 Å². The number of hydrogen-bond donors (Lipinski definition) is 1. The summed E-state index contributed by atoms with van der Waals surface area (Å²) in [5.41, 5.74) is 13.7. The highest BCUT2D eigenvalue weighted by Crippen LogP contribution is 2.41. The van der Waals surface area contributed by atoms with E-state index in [1.165, 1.54) is 37.9 Å². The summed E-state index contributed by atoms with van der Waals surface area (Å²) >= 11 is 0. The number of rotatable bonds is 7. The van der Waals surface area contributed by atoms with E-state index in [4.69, 9.17) is 9.98 Å². The van der Waals surface area contributed by atoms with Gasteiger partial charge in [-0.1, -0.05) is 152 Å². The molecular formula is C58H40N6. The van der Waals surface area contributed by atoms with Gasteiger partial charge in [0.2, 0.25) is 0 Å². The van der Waals surface area contributed by atoms with E-state index in [-0.39, 0.29) is 6.17 Å². The third kappa shape index (κ3) is 6.17. The van der Waals surface area contributed by atoms with E-state index in [0.717, 1.165) is 74.4 Å². The van der Waals surface area contributed by atoms with Crippen molar-refractivity contribution in [1.29, 1.82) is 5.26 Å². The van der Waals surface area contributed by atoms with E-state index in [1.807, 2.05) is 36.4 Å². The van der Waals surface area contributed by atoms with Crippen molar-refractivity contribution in [2.75, 3.05) is 0 Å². The molecule has 1 atom stereocenters. The maximum Gasteiger partial charge on any atom is 0.161 e. The Bertz CT molecular complexity index is 3680. The highest BCUT2D eigenvalue weighted by molar-refractivity contribution is 6.18. The predicted octanol–water partition coefficient (Wildman–Crippen LogP) is 11.8. The van der Waals surface area contributed by atoms with Crippen LogP contribution in [0.4, 0.5) is 0 Å². The highest BCUT2D eigenvalue weighted by Gasteiger charge is 2.26. The minimum atomic E-state index is -0.334. The van der Waals surface area contributed by atoms with Crippen molar-refractivity contribution in [1.82, 2.24) is 14.5 Å². The van der Waals surface area contributed by atoms with Gasteiger partial charge in [0.05, 0.1) is 33.9 Å². The van der Waals surface area contributed by atoms with Crippen molar-refractivity contribution in [3.63, 3.8) is 0 Å². The van der Waals surface area contributed by atoms with Crippen LogP contribution in [0.15, 0.2) is 204 Å². The molecule has 0 bridgehead atoms. The van der Waals surface area contributed by atoms with Crippen molar-refractivity contribution in [3.8, 4) is 39.7 Å². The number of hydrogen-bond acceptors (Lipinski definition) is 4.